The van der Waals surface area contributed by atoms with Crippen molar-refractivity contribution in [2.75, 3.05) is 19.6 Å². The highest BCUT2D eigenvalue weighted by molar-refractivity contribution is 4.97. The molecule has 0 aromatic rings. The van der Waals surface area contributed by atoms with E-state index in [1.54, 1.807) is 0 Å². The molecule has 0 aromatic carbocycles. The monoisotopic (exact) mass is 296 g/mol. The van der Waals surface area contributed by atoms with Crippen molar-refractivity contribution in [3.05, 3.63) is 0 Å². The quantitative estimate of drug-likeness (QED) is 0.861. The van der Waals surface area contributed by atoms with Gasteiger partial charge in [0.15, 0.2) is 0 Å². The largest absolute Gasteiger partial charge is 0.370 e. The lowest BCUT2D eigenvalue weighted by Gasteiger charge is -2.51. The van der Waals surface area contributed by atoms with E-state index in [1.165, 1.54) is 19.3 Å². The van der Waals surface area contributed by atoms with Gasteiger partial charge in [-0.15, -0.1) is 0 Å². The van der Waals surface area contributed by atoms with Crippen LogP contribution in [0.5, 0.6) is 0 Å². The summed E-state index contributed by atoms with van der Waals surface area (Å²) >= 11 is 0. The molecule has 1 aliphatic carbocycles. The fourth-order valence-corrected chi connectivity index (χ4v) is 4.72. The lowest BCUT2D eigenvalue weighted by atomic mass is 9.75. The van der Waals surface area contributed by atoms with Crippen molar-refractivity contribution in [2.45, 2.75) is 84.6 Å². The van der Waals surface area contributed by atoms with Gasteiger partial charge >= 0.3 is 0 Å². The zero-order chi connectivity index (χ0) is 15.6. The Morgan fingerprint density at radius 1 is 1.19 bits per heavy atom. The summed E-state index contributed by atoms with van der Waals surface area (Å²) in [5.41, 5.74) is -0.0181. The fourth-order valence-electron chi connectivity index (χ4n) is 4.72. The van der Waals surface area contributed by atoms with Crippen LogP contribution in [0.1, 0.15) is 60.8 Å². The molecule has 3 nitrogen and oxygen atoms in total. The predicted molar refractivity (Wildman–Crippen MR) is 89.6 cm³/mol. The van der Waals surface area contributed by atoms with E-state index in [-0.39, 0.29) is 5.60 Å². The highest BCUT2D eigenvalue weighted by Gasteiger charge is 2.42. The van der Waals surface area contributed by atoms with Crippen LogP contribution in [0.3, 0.4) is 0 Å². The highest BCUT2D eigenvalue weighted by atomic mass is 16.5. The Kier molecular flexibility index (Phi) is 5.72. The Bertz CT molecular complexity index is 331. The molecule has 0 radical (unpaired) electrons. The zero-order valence-electron chi connectivity index (χ0n) is 15.0. The van der Waals surface area contributed by atoms with E-state index in [0.717, 1.165) is 31.5 Å². The smallest absolute Gasteiger partial charge is 0.0757 e. The third-order valence-electron chi connectivity index (χ3n) is 5.10. The lowest BCUT2D eigenvalue weighted by Crippen LogP contribution is -2.63. The van der Waals surface area contributed by atoms with Gasteiger partial charge in [0.05, 0.1) is 11.7 Å². The number of ether oxygens (including phenoxy) is 1. The maximum atomic E-state index is 6.11. The molecule has 1 aliphatic heterocycles. The molecule has 2 fully saturated rings. The van der Waals surface area contributed by atoms with Gasteiger partial charge in [-0.3, -0.25) is 4.90 Å². The van der Waals surface area contributed by atoms with E-state index in [4.69, 9.17) is 4.74 Å². The minimum atomic E-state index is -0.0181. The summed E-state index contributed by atoms with van der Waals surface area (Å²) in [5, 5.41) is 3.84. The molecule has 1 saturated heterocycles. The molecule has 1 saturated carbocycles. The average Bonchev–Trinajstić information content (AvgIpc) is 2.32. The van der Waals surface area contributed by atoms with Crippen molar-refractivity contribution in [3.8, 4) is 0 Å². The molecular weight excluding hydrogens is 260 g/mol. The first-order valence-electron chi connectivity index (χ1n) is 8.97. The van der Waals surface area contributed by atoms with Crippen LogP contribution >= 0.6 is 0 Å². The van der Waals surface area contributed by atoms with Gasteiger partial charge in [0, 0.05) is 25.2 Å². The summed E-state index contributed by atoms with van der Waals surface area (Å²) in [4.78, 5) is 2.72. The van der Waals surface area contributed by atoms with E-state index in [1.807, 2.05) is 0 Å². The molecule has 0 bridgehead atoms. The maximum Gasteiger partial charge on any atom is 0.0757 e. The normalized spacial score (nSPS) is 41.1. The average molecular weight is 296 g/mol. The maximum absolute atomic E-state index is 6.11. The second-order valence-corrected chi connectivity index (χ2v) is 8.22. The van der Waals surface area contributed by atoms with E-state index in [9.17, 15) is 0 Å². The first-order valence-corrected chi connectivity index (χ1v) is 8.97. The topological polar surface area (TPSA) is 24.5 Å². The van der Waals surface area contributed by atoms with Crippen LogP contribution in [0.25, 0.3) is 0 Å². The van der Waals surface area contributed by atoms with Crippen LogP contribution in [0.4, 0.5) is 0 Å². The number of hydrogen-bond acceptors (Lipinski definition) is 3. The van der Waals surface area contributed by atoms with Crippen LogP contribution in [-0.2, 0) is 4.74 Å². The fraction of sp³-hybridized carbons (Fsp3) is 1.00. The molecule has 0 spiro atoms. The van der Waals surface area contributed by atoms with Crippen molar-refractivity contribution >= 4 is 0 Å². The van der Waals surface area contributed by atoms with Gasteiger partial charge in [-0.2, -0.15) is 0 Å². The molecular formula is C18H36N2O. The SMILES string of the molecule is CCCNC1CC(C)CC(C)C1N1CC(C)OC(C)(C)C1. The molecule has 2 rings (SSSR count). The van der Waals surface area contributed by atoms with Gasteiger partial charge in [0.1, 0.15) is 0 Å². The van der Waals surface area contributed by atoms with E-state index in [2.05, 4.69) is 51.8 Å². The van der Waals surface area contributed by atoms with Crippen LogP contribution in [0.2, 0.25) is 0 Å². The Morgan fingerprint density at radius 2 is 1.90 bits per heavy atom. The second-order valence-electron chi connectivity index (χ2n) is 8.22. The van der Waals surface area contributed by atoms with Crippen molar-refractivity contribution in [1.29, 1.82) is 0 Å². The van der Waals surface area contributed by atoms with E-state index >= 15 is 0 Å². The number of morpholine rings is 1. The van der Waals surface area contributed by atoms with Crippen LogP contribution < -0.4 is 5.32 Å². The molecule has 0 amide bonds. The van der Waals surface area contributed by atoms with Gasteiger partial charge in [0.2, 0.25) is 0 Å². The van der Waals surface area contributed by atoms with Crippen LogP contribution in [0, 0.1) is 11.8 Å². The molecule has 1 N–H and O–H groups in total. The lowest BCUT2D eigenvalue weighted by molar-refractivity contribution is -0.148. The summed E-state index contributed by atoms with van der Waals surface area (Å²) in [7, 11) is 0. The molecule has 124 valence electrons. The first kappa shape index (κ1) is 17.2. The van der Waals surface area contributed by atoms with Crippen molar-refractivity contribution < 1.29 is 4.74 Å². The molecule has 21 heavy (non-hydrogen) atoms. The minimum absolute atomic E-state index is 0.0181. The van der Waals surface area contributed by atoms with E-state index in [0.29, 0.717) is 18.2 Å². The highest BCUT2D eigenvalue weighted by Crippen LogP contribution is 2.35. The van der Waals surface area contributed by atoms with Crippen LogP contribution in [-0.4, -0.2) is 48.3 Å². The van der Waals surface area contributed by atoms with Crippen molar-refractivity contribution in [2.24, 2.45) is 11.8 Å². The minimum Gasteiger partial charge on any atom is -0.370 e. The third kappa shape index (κ3) is 4.43. The molecule has 2 aliphatic rings. The number of hydrogen-bond donors (Lipinski definition) is 1. The summed E-state index contributed by atoms with van der Waals surface area (Å²) < 4.78 is 6.11. The van der Waals surface area contributed by atoms with E-state index < -0.39 is 0 Å². The Labute approximate surface area is 131 Å². The standard InChI is InChI=1S/C18H36N2O/c1-7-8-19-16-10-13(2)9-14(3)17(16)20-11-15(4)21-18(5,6)12-20/h13-17,19H,7-12H2,1-6H3. The number of nitrogens with one attached hydrogen (secondary N) is 1. The number of rotatable bonds is 4. The molecule has 3 heteroatoms. The summed E-state index contributed by atoms with van der Waals surface area (Å²) in [6.07, 6.45) is 4.24. The van der Waals surface area contributed by atoms with Gasteiger partial charge in [-0.25, -0.2) is 0 Å². The zero-order valence-corrected chi connectivity index (χ0v) is 15.0. The second kappa shape index (κ2) is 6.97. The van der Waals surface area contributed by atoms with Gasteiger partial charge in [-0.05, 0) is 58.4 Å². The summed E-state index contributed by atoms with van der Waals surface area (Å²) in [6, 6.07) is 1.31. The van der Waals surface area contributed by atoms with Gasteiger partial charge < -0.3 is 10.1 Å². The third-order valence-corrected chi connectivity index (χ3v) is 5.10. The Hall–Kier alpha value is -0.120. The van der Waals surface area contributed by atoms with Crippen molar-refractivity contribution in [1.82, 2.24) is 10.2 Å². The predicted octanol–water partition coefficient (Wildman–Crippen LogP) is 3.29. The molecule has 0 aromatic heterocycles. The number of nitrogens with zero attached hydrogens (tertiary/aromatic N) is 1. The van der Waals surface area contributed by atoms with Gasteiger partial charge in [0.25, 0.3) is 0 Å². The van der Waals surface area contributed by atoms with Gasteiger partial charge in [-0.1, -0.05) is 20.8 Å². The Balaban J connectivity index is 2.12. The molecule has 5 unspecified atom stereocenters. The van der Waals surface area contributed by atoms with Crippen LogP contribution in [0.15, 0.2) is 0 Å². The summed E-state index contributed by atoms with van der Waals surface area (Å²) in [5.74, 6) is 1.61. The van der Waals surface area contributed by atoms with Crippen molar-refractivity contribution in [3.63, 3.8) is 0 Å². The first-order chi connectivity index (χ1) is 9.82. The Morgan fingerprint density at radius 3 is 2.52 bits per heavy atom. The molecule has 5 atom stereocenters. The summed E-state index contributed by atoms with van der Waals surface area (Å²) in [6.45, 7) is 17.1. The molecule has 1 heterocycles.